The summed E-state index contributed by atoms with van der Waals surface area (Å²) in [7, 11) is 0. The lowest BCUT2D eigenvalue weighted by Gasteiger charge is -2.07. The van der Waals surface area contributed by atoms with Crippen molar-refractivity contribution in [2.24, 2.45) is 5.73 Å². The molecule has 0 spiro atoms. The maximum atomic E-state index is 5.90. The summed E-state index contributed by atoms with van der Waals surface area (Å²) >= 11 is 16.6. The minimum absolute atomic E-state index is 0.357. The van der Waals surface area contributed by atoms with Gasteiger partial charge in [-0.05, 0) is 36.4 Å². The number of nitrogens with two attached hydrogens (primary N) is 1. The van der Waals surface area contributed by atoms with Gasteiger partial charge in [0.1, 0.15) is 16.5 Å². The van der Waals surface area contributed by atoms with Crippen molar-refractivity contribution < 1.29 is 4.74 Å². The van der Waals surface area contributed by atoms with Crippen LogP contribution in [0.4, 0.5) is 0 Å². The molecule has 0 atom stereocenters. The lowest BCUT2D eigenvalue weighted by Crippen LogP contribution is -2.08. The Hall–Kier alpha value is -1.29. The Morgan fingerprint density at radius 2 is 1.56 bits per heavy atom. The highest BCUT2D eigenvalue weighted by Gasteiger charge is 2.02. The maximum Gasteiger partial charge on any atom is 0.129 e. The Kier molecular flexibility index (Phi) is 4.07. The molecule has 0 aliphatic carbocycles. The lowest BCUT2D eigenvalue weighted by atomic mass is 10.2. The van der Waals surface area contributed by atoms with Crippen LogP contribution >= 0.6 is 35.4 Å². The second-order valence-electron chi connectivity index (χ2n) is 3.57. The van der Waals surface area contributed by atoms with Crippen molar-refractivity contribution in [2.75, 3.05) is 0 Å². The van der Waals surface area contributed by atoms with E-state index in [-0.39, 0.29) is 0 Å². The third-order valence-corrected chi connectivity index (χ3v) is 3.24. The van der Waals surface area contributed by atoms with Crippen LogP contribution in [0.25, 0.3) is 0 Å². The van der Waals surface area contributed by atoms with Crippen molar-refractivity contribution in [3.8, 4) is 11.5 Å². The molecule has 2 N–H and O–H groups in total. The van der Waals surface area contributed by atoms with E-state index >= 15 is 0 Å². The van der Waals surface area contributed by atoms with Crippen LogP contribution in [0, 0.1) is 0 Å². The summed E-state index contributed by atoms with van der Waals surface area (Å²) < 4.78 is 5.62. The van der Waals surface area contributed by atoms with Crippen molar-refractivity contribution in [1.29, 1.82) is 0 Å². The van der Waals surface area contributed by atoms with Gasteiger partial charge < -0.3 is 10.5 Å². The van der Waals surface area contributed by atoms with Crippen molar-refractivity contribution >= 4 is 40.4 Å². The molecule has 2 aromatic carbocycles. The Balaban J connectivity index is 2.18. The van der Waals surface area contributed by atoms with Crippen LogP contribution < -0.4 is 10.5 Å². The standard InChI is InChI=1S/C13H9Cl2NOS/c14-11-6-5-10(7-12(11)15)17-9-3-1-8(2-4-9)13(16)18/h1-7H,(H2,16,18). The van der Waals surface area contributed by atoms with Crippen molar-refractivity contribution in [3.05, 3.63) is 58.1 Å². The summed E-state index contributed by atoms with van der Waals surface area (Å²) in [6.07, 6.45) is 0. The summed E-state index contributed by atoms with van der Waals surface area (Å²) in [6, 6.07) is 12.3. The molecule has 0 bridgehead atoms. The van der Waals surface area contributed by atoms with E-state index in [1.54, 1.807) is 42.5 Å². The summed E-state index contributed by atoms with van der Waals surface area (Å²) in [5.74, 6) is 1.29. The van der Waals surface area contributed by atoms with Gasteiger partial charge in [-0.2, -0.15) is 0 Å². The van der Waals surface area contributed by atoms with Gasteiger partial charge in [0.15, 0.2) is 0 Å². The average molecular weight is 298 g/mol. The second-order valence-corrected chi connectivity index (χ2v) is 4.82. The molecule has 0 fully saturated rings. The highest BCUT2D eigenvalue weighted by molar-refractivity contribution is 7.80. The Morgan fingerprint density at radius 3 is 2.11 bits per heavy atom. The molecular formula is C13H9Cl2NOS. The predicted octanol–water partition coefficient (Wildman–Crippen LogP) is 4.42. The Morgan fingerprint density at radius 1 is 0.944 bits per heavy atom. The van der Waals surface area contributed by atoms with Crippen LogP contribution in [0.5, 0.6) is 11.5 Å². The molecule has 0 saturated heterocycles. The quantitative estimate of drug-likeness (QED) is 0.852. The smallest absolute Gasteiger partial charge is 0.129 e. The number of thiocarbonyl (C=S) groups is 1. The molecule has 0 heterocycles. The SMILES string of the molecule is NC(=S)c1ccc(Oc2ccc(Cl)c(Cl)c2)cc1. The highest BCUT2D eigenvalue weighted by Crippen LogP contribution is 2.29. The molecule has 0 aliphatic heterocycles. The second kappa shape index (κ2) is 5.57. The molecule has 0 aromatic heterocycles. The molecule has 0 amide bonds. The van der Waals surface area contributed by atoms with Crippen LogP contribution in [0.2, 0.25) is 10.0 Å². The Bertz CT molecular complexity index is 584. The molecule has 18 heavy (non-hydrogen) atoms. The van der Waals surface area contributed by atoms with Crippen molar-refractivity contribution in [3.63, 3.8) is 0 Å². The molecule has 0 saturated carbocycles. The Labute approximate surface area is 120 Å². The van der Waals surface area contributed by atoms with Crippen LogP contribution in [0.15, 0.2) is 42.5 Å². The normalized spacial score (nSPS) is 10.1. The van der Waals surface area contributed by atoms with Gasteiger partial charge >= 0.3 is 0 Å². The minimum atomic E-state index is 0.357. The first-order valence-electron chi connectivity index (χ1n) is 5.09. The predicted molar refractivity (Wildman–Crippen MR) is 78.9 cm³/mol. The van der Waals surface area contributed by atoms with E-state index in [2.05, 4.69) is 0 Å². The fraction of sp³-hybridized carbons (Fsp3) is 0. The highest BCUT2D eigenvalue weighted by atomic mass is 35.5. The van der Waals surface area contributed by atoms with Gasteiger partial charge in [-0.25, -0.2) is 0 Å². The lowest BCUT2D eigenvalue weighted by molar-refractivity contribution is 0.483. The van der Waals surface area contributed by atoms with Crippen molar-refractivity contribution in [2.45, 2.75) is 0 Å². The third-order valence-electron chi connectivity index (χ3n) is 2.27. The average Bonchev–Trinajstić information content (AvgIpc) is 2.34. The largest absolute Gasteiger partial charge is 0.457 e. The van der Waals surface area contributed by atoms with Gasteiger partial charge in [0.25, 0.3) is 0 Å². The number of halogens is 2. The van der Waals surface area contributed by atoms with E-state index in [1.807, 2.05) is 0 Å². The first kappa shape index (κ1) is 13.1. The van der Waals surface area contributed by atoms with Gasteiger partial charge in [-0.3, -0.25) is 0 Å². The van der Waals surface area contributed by atoms with E-state index in [0.717, 1.165) is 5.56 Å². The molecule has 0 radical (unpaired) electrons. The van der Waals surface area contributed by atoms with E-state index in [0.29, 0.717) is 26.5 Å². The van der Waals surface area contributed by atoms with E-state index in [9.17, 15) is 0 Å². The molecule has 2 rings (SSSR count). The number of hydrogen-bond donors (Lipinski definition) is 1. The summed E-state index contributed by atoms with van der Waals surface area (Å²) in [5, 5.41) is 0.946. The van der Waals surface area contributed by atoms with Crippen molar-refractivity contribution in [1.82, 2.24) is 0 Å². The zero-order chi connectivity index (χ0) is 13.1. The zero-order valence-electron chi connectivity index (χ0n) is 9.19. The number of rotatable bonds is 3. The van der Waals surface area contributed by atoms with Gasteiger partial charge in [0.05, 0.1) is 10.0 Å². The first-order valence-corrected chi connectivity index (χ1v) is 6.25. The van der Waals surface area contributed by atoms with E-state index in [1.165, 1.54) is 0 Å². The summed E-state index contributed by atoms with van der Waals surface area (Å²) in [6.45, 7) is 0. The molecule has 0 unspecified atom stereocenters. The van der Waals surface area contributed by atoms with Crippen LogP contribution in [0.1, 0.15) is 5.56 Å². The molecule has 0 aliphatic rings. The molecule has 92 valence electrons. The van der Waals surface area contributed by atoms with Crippen LogP contribution in [-0.2, 0) is 0 Å². The minimum Gasteiger partial charge on any atom is -0.457 e. The number of hydrogen-bond acceptors (Lipinski definition) is 2. The molecule has 2 aromatic rings. The third kappa shape index (κ3) is 3.13. The molecular weight excluding hydrogens is 289 g/mol. The number of ether oxygens (including phenoxy) is 1. The van der Waals surface area contributed by atoms with Gasteiger partial charge in [-0.15, -0.1) is 0 Å². The fourth-order valence-corrected chi connectivity index (χ4v) is 1.79. The van der Waals surface area contributed by atoms with Crippen LogP contribution in [-0.4, -0.2) is 4.99 Å². The van der Waals surface area contributed by atoms with Crippen LogP contribution in [0.3, 0.4) is 0 Å². The summed E-state index contributed by atoms with van der Waals surface area (Å²) in [4.78, 5) is 0.357. The van der Waals surface area contributed by atoms with Gasteiger partial charge in [0, 0.05) is 11.6 Å². The summed E-state index contributed by atoms with van der Waals surface area (Å²) in [5.41, 5.74) is 6.31. The topological polar surface area (TPSA) is 35.2 Å². The first-order chi connectivity index (χ1) is 8.56. The van der Waals surface area contributed by atoms with Gasteiger partial charge in [0.2, 0.25) is 0 Å². The maximum absolute atomic E-state index is 5.90. The molecule has 5 heteroatoms. The fourth-order valence-electron chi connectivity index (χ4n) is 1.36. The zero-order valence-corrected chi connectivity index (χ0v) is 11.5. The molecule has 2 nitrogen and oxygen atoms in total. The monoisotopic (exact) mass is 297 g/mol. The number of benzene rings is 2. The van der Waals surface area contributed by atoms with E-state index < -0.39 is 0 Å². The van der Waals surface area contributed by atoms with E-state index in [4.69, 9.17) is 45.9 Å². The van der Waals surface area contributed by atoms with Gasteiger partial charge in [-0.1, -0.05) is 35.4 Å².